The van der Waals surface area contributed by atoms with Gasteiger partial charge >= 0.3 is 5.97 Å². The first-order valence-electron chi connectivity index (χ1n) is 10.2. The van der Waals surface area contributed by atoms with Gasteiger partial charge in [0.05, 0.1) is 18.4 Å². The van der Waals surface area contributed by atoms with Crippen LogP contribution in [0.1, 0.15) is 23.2 Å². The number of anilines is 1. The van der Waals surface area contributed by atoms with Crippen molar-refractivity contribution in [1.82, 2.24) is 9.29 Å². The highest BCUT2D eigenvalue weighted by Gasteiger charge is 2.32. The average molecular weight is 454 g/mol. The van der Waals surface area contributed by atoms with Gasteiger partial charge in [-0.2, -0.15) is 4.31 Å². The molecule has 0 bridgehead atoms. The van der Waals surface area contributed by atoms with Gasteiger partial charge in [0, 0.05) is 31.4 Å². The number of pyridine rings is 1. The van der Waals surface area contributed by atoms with E-state index in [0.29, 0.717) is 18.5 Å². The van der Waals surface area contributed by atoms with E-state index < -0.39 is 16.0 Å². The van der Waals surface area contributed by atoms with E-state index >= 15 is 0 Å². The van der Waals surface area contributed by atoms with E-state index in [0.717, 1.165) is 10.8 Å². The number of benzene rings is 2. The lowest BCUT2D eigenvalue weighted by atomic mass is 9.96. The highest BCUT2D eigenvalue weighted by atomic mass is 32.2. The van der Waals surface area contributed by atoms with Gasteiger partial charge in [-0.15, -0.1) is 0 Å². The van der Waals surface area contributed by atoms with Gasteiger partial charge in [-0.25, -0.2) is 13.2 Å². The second-order valence-corrected chi connectivity index (χ2v) is 9.53. The molecule has 3 aromatic rings. The number of aromatic nitrogens is 1. The second-order valence-electron chi connectivity index (χ2n) is 7.59. The van der Waals surface area contributed by atoms with Crippen LogP contribution in [-0.4, -0.2) is 49.8 Å². The van der Waals surface area contributed by atoms with Crippen molar-refractivity contribution in [2.45, 2.75) is 17.7 Å². The highest BCUT2D eigenvalue weighted by molar-refractivity contribution is 7.89. The lowest BCUT2D eigenvalue weighted by molar-refractivity contribution is -0.120. The number of piperidine rings is 1. The van der Waals surface area contributed by atoms with Crippen molar-refractivity contribution in [3.05, 3.63) is 66.5 Å². The van der Waals surface area contributed by atoms with Crippen molar-refractivity contribution in [3.8, 4) is 0 Å². The minimum absolute atomic E-state index is 0.141. The maximum atomic E-state index is 13.0. The Hall–Kier alpha value is -3.30. The summed E-state index contributed by atoms with van der Waals surface area (Å²) in [7, 11) is -2.34. The van der Waals surface area contributed by atoms with Crippen LogP contribution in [0, 0.1) is 5.92 Å². The Kier molecular flexibility index (Phi) is 6.20. The van der Waals surface area contributed by atoms with Crippen molar-refractivity contribution in [2.75, 3.05) is 25.5 Å². The molecule has 0 unspecified atom stereocenters. The number of carbonyl (C=O) groups excluding carboxylic acids is 2. The zero-order chi connectivity index (χ0) is 22.7. The number of rotatable bonds is 5. The Morgan fingerprint density at radius 1 is 1.06 bits per heavy atom. The molecule has 0 aliphatic carbocycles. The van der Waals surface area contributed by atoms with Crippen molar-refractivity contribution in [1.29, 1.82) is 0 Å². The molecule has 0 saturated carbocycles. The number of hydrogen-bond donors (Lipinski definition) is 1. The van der Waals surface area contributed by atoms with E-state index in [1.807, 2.05) is 24.3 Å². The summed E-state index contributed by atoms with van der Waals surface area (Å²) >= 11 is 0. The maximum Gasteiger partial charge on any atom is 0.339 e. The molecular formula is C23H23N3O5S. The molecule has 4 rings (SSSR count). The van der Waals surface area contributed by atoms with Gasteiger partial charge in [-0.1, -0.05) is 24.3 Å². The van der Waals surface area contributed by atoms with Crippen LogP contribution in [0.4, 0.5) is 5.69 Å². The number of amides is 1. The summed E-state index contributed by atoms with van der Waals surface area (Å²) in [5.74, 6) is -1.15. The molecule has 1 saturated heterocycles. The summed E-state index contributed by atoms with van der Waals surface area (Å²) < 4.78 is 31.8. The largest absolute Gasteiger partial charge is 0.465 e. The first-order chi connectivity index (χ1) is 15.4. The lowest BCUT2D eigenvalue weighted by Crippen LogP contribution is -2.41. The van der Waals surface area contributed by atoms with Crippen LogP contribution in [-0.2, 0) is 19.6 Å². The maximum absolute atomic E-state index is 13.0. The zero-order valence-electron chi connectivity index (χ0n) is 17.5. The number of carbonyl (C=O) groups is 2. The number of esters is 1. The van der Waals surface area contributed by atoms with Gasteiger partial charge in [0.2, 0.25) is 15.9 Å². The molecular weight excluding hydrogens is 430 g/mol. The van der Waals surface area contributed by atoms with Crippen LogP contribution < -0.4 is 5.32 Å². The van der Waals surface area contributed by atoms with Crippen LogP contribution in [0.3, 0.4) is 0 Å². The number of nitrogens with zero attached hydrogens (tertiary/aromatic N) is 2. The van der Waals surface area contributed by atoms with Crippen LogP contribution in [0.2, 0.25) is 0 Å². The number of methoxy groups -OCH3 is 1. The van der Waals surface area contributed by atoms with Crippen molar-refractivity contribution >= 4 is 38.4 Å². The summed E-state index contributed by atoms with van der Waals surface area (Å²) in [6, 6.07) is 14.1. The van der Waals surface area contributed by atoms with Crippen LogP contribution in [0.25, 0.3) is 10.8 Å². The molecule has 9 heteroatoms. The zero-order valence-corrected chi connectivity index (χ0v) is 18.3. The van der Waals surface area contributed by atoms with E-state index in [-0.39, 0.29) is 35.4 Å². The normalized spacial score (nSPS) is 15.4. The van der Waals surface area contributed by atoms with Crippen molar-refractivity contribution in [3.63, 3.8) is 0 Å². The molecule has 1 amide bonds. The summed E-state index contributed by atoms with van der Waals surface area (Å²) in [5.41, 5.74) is 0.655. The molecule has 2 heterocycles. The van der Waals surface area contributed by atoms with Gasteiger partial charge in [0.15, 0.2) is 0 Å². The van der Waals surface area contributed by atoms with E-state index in [2.05, 4.69) is 10.3 Å². The average Bonchev–Trinajstić information content (AvgIpc) is 2.83. The van der Waals surface area contributed by atoms with Crippen molar-refractivity contribution < 1.29 is 22.7 Å². The fourth-order valence-electron chi connectivity index (χ4n) is 3.86. The number of ether oxygens (including phenoxy) is 1. The Morgan fingerprint density at radius 2 is 1.75 bits per heavy atom. The second kappa shape index (κ2) is 9.05. The first kappa shape index (κ1) is 21.9. The molecule has 1 fully saturated rings. The molecule has 8 nitrogen and oxygen atoms in total. The molecule has 32 heavy (non-hydrogen) atoms. The number of nitrogens with one attached hydrogen (secondary N) is 1. The molecule has 0 spiro atoms. The predicted octanol–water partition coefficient (Wildman–Crippen LogP) is 3.06. The molecule has 0 radical (unpaired) electrons. The lowest BCUT2D eigenvalue weighted by Gasteiger charge is -2.30. The van der Waals surface area contributed by atoms with Gasteiger partial charge in [-0.3, -0.25) is 9.78 Å². The molecule has 1 aliphatic heterocycles. The van der Waals surface area contributed by atoms with E-state index in [1.165, 1.54) is 29.9 Å². The molecule has 1 aromatic heterocycles. The fourth-order valence-corrected chi connectivity index (χ4v) is 5.30. The third-order valence-corrected chi connectivity index (χ3v) is 7.53. The van der Waals surface area contributed by atoms with Crippen LogP contribution in [0.5, 0.6) is 0 Å². The highest BCUT2D eigenvalue weighted by Crippen LogP contribution is 2.28. The molecule has 1 aliphatic rings. The molecule has 2 aromatic carbocycles. The number of sulfonamides is 1. The topological polar surface area (TPSA) is 106 Å². The SMILES string of the molecule is COC(=O)c1cc2ccccc2cc1NC(=O)C1CCN(S(=O)(=O)c2cccnc2)CC1. The van der Waals surface area contributed by atoms with Crippen molar-refractivity contribution in [2.24, 2.45) is 5.92 Å². The quantitative estimate of drug-likeness (QED) is 0.595. The van der Waals surface area contributed by atoms with Gasteiger partial charge in [-0.05, 0) is 47.9 Å². The standard InChI is InChI=1S/C23H23N3O5S/c1-31-23(28)20-13-17-5-2-3-6-18(17)14-21(20)25-22(27)16-8-11-26(12-9-16)32(29,30)19-7-4-10-24-15-19/h2-7,10,13-16H,8-9,11-12H2,1H3,(H,25,27). The van der Waals surface area contributed by atoms with Gasteiger partial charge in [0.25, 0.3) is 0 Å². The van der Waals surface area contributed by atoms with Gasteiger partial charge < -0.3 is 10.1 Å². The van der Waals surface area contributed by atoms with E-state index in [4.69, 9.17) is 4.74 Å². The number of hydrogen-bond acceptors (Lipinski definition) is 6. The minimum atomic E-state index is -3.64. The van der Waals surface area contributed by atoms with Crippen LogP contribution in [0.15, 0.2) is 65.8 Å². The number of fused-ring (bicyclic) bond motifs is 1. The summed E-state index contributed by atoms with van der Waals surface area (Å²) in [6.07, 6.45) is 3.60. The monoisotopic (exact) mass is 453 g/mol. The summed E-state index contributed by atoms with van der Waals surface area (Å²) in [6.45, 7) is 0.466. The summed E-state index contributed by atoms with van der Waals surface area (Å²) in [5, 5.41) is 4.60. The van der Waals surface area contributed by atoms with Gasteiger partial charge in [0.1, 0.15) is 4.90 Å². The predicted molar refractivity (Wildman–Crippen MR) is 120 cm³/mol. The fraction of sp³-hybridized carbons (Fsp3) is 0.261. The molecule has 166 valence electrons. The first-order valence-corrected chi connectivity index (χ1v) is 11.7. The van der Waals surface area contributed by atoms with E-state index in [9.17, 15) is 18.0 Å². The molecule has 0 atom stereocenters. The molecule has 1 N–H and O–H groups in total. The Balaban J connectivity index is 1.49. The Bertz CT molecular complexity index is 1250. The smallest absolute Gasteiger partial charge is 0.339 e. The third kappa shape index (κ3) is 4.35. The third-order valence-electron chi connectivity index (χ3n) is 5.65. The Labute approximate surface area is 186 Å². The Morgan fingerprint density at radius 3 is 2.38 bits per heavy atom. The van der Waals surface area contributed by atoms with E-state index in [1.54, 1.807) is 18.2 Å². The minimum Gasteiger partial charge on any atom is -0.465 e. The summed E-state index contributed by atoms with van der Waals surface area (Å²) in [4.78, 5) is 29.2. The van der Waals surface area contributed by atoms with Crippen LogP contribution >= 0.6 is 0 Å².